The van der Waals surface area contributed by atoms with Gasteiger partial charge < -0.3 is 20.2 Å². The average Bonchev–Trinajstić information content (AvgIpc) is 3.17. The van der Waals surface area contributed by atoms with Gasteiger partial charge in [-0.25, -0.2) is 9.97 Å². The molecule has 1 saturated heterocycles. The molecule has 3 aliphatic rings. The van der Waals surface area contributed by atoms with Crippen molar-refractivity contribution in [3.8, 4) is 0 Å². The summed E-state index contributed by atoms with van der Waals surface area (Å²) in [6.07, 6.45) is 7.68. The molecule has 1 atom stereocenters. The normalized spacial score (nSPS) is 24.8. The molecule has 1 aromatic rings. The van der Waals surface area contributed by atoms with E-state index in [1.807, 2.05) is 11.9 Å². The number of fused-ring (bicyclic) bond motifs is 1. The minimum absolute atomic E-state index is 0.0546. The van der Waals surface area contributed by atoms with Gasteiger partial charge >= 0.3 is 0 Å². The van der Waals surface area contributed by atoms with Crippen molar-refractivity contribution in [2.45, 2.75) is 76.0 Å². The van der Waals surface area contributed by atoms with Crippen molar-refractivity contribution in [2.24, 2.45) is 0 Å². The molecular formula is C21H33N5O2. The number of amides is 1. The van der Waals surface area contributed by atoms with E-state index < -0.39 is 5.60 Å². The maximum atomic E-state index is 13.1. The van der Waals surface area contributed by atoms with Crippen LogP contribution in [0.3, 0.4) is 0 Å². The van der Waals surface area contributed by atoms with Crippen LogP contribution in [0.5, 0.6) is 0 Å². The highest BCUT2D eigenvalue weighted by molar-refractivity contribution is 5.78. The van der Waals surface area contributed by atoms with Crippen molar-refractivity contribution in [3.63, 3.8) is 0 Å². The van der Waals surface area contributed by atoms with E-state index >= 15 is 0 Å². The molecule has 7 heteroatoms. The first-order valence-electron chi connectivity index (χ1n) is 10.8. The van der Waals surface area contributed by atoms with Gasteiger partial charge in [-0.05, 0) is 32.7 Å². The van der Waals surface area contributed by atoms with Crippen molar-refractivity contribution < 1.29 is 9.90 Å². The molecule has 1 amide bonds. The predicted molar refractivity (Wildman–Crippen MR) is 108 cm³/mol. The Morgan fingerprint density at radius 1 is 1.21 bits per heavy atom. The summed E-state index contributed by atoms with van der Waals surface area (Å²) < 4.78 is 0. The maximum Gasteiger partial charge on any atom is 0.226 e. The van der Waals surface area contributed by atoms with E-state index in [1.54, 1.807) is 0 Å². The Bertz CT molecular complexity index is 715. The average molecular weight is 388 g/mol. The number of carbonyl (C=O) groups excluding carboxylic acids is 1. The molecule has 0 aromatic carbocycles. The molecule has 2 N–H and O–H groups in total. The Morgan fingerprint density at radius 2 is 2.00 bits per heavy atom. The van der Waals surface area contributed by atoms with Crippen molar-refractivity contribution in [2.75, 3.05) is 32.5 Å². The van der Waals surface area contributed by atoms with Crippen LogP contribution < -0.4 is 5.32 Å². The first-order chi connectivity index (χ1) is 13.5. The number of rotatable bonds is 4. The molecule has 2 aliphatic heterocycles. The zero-order valence-corrected chi connectivity index (χ0v) is 17.2. The van der Waals surface area contributed by atoms with Gasteiger partial charge in [-0.3, -0.25) is 4.79 Å². The second-order valence-corrected chi connectivity index (χ2v) is 8.80. The number of hydrogen-bond donors (Lipinski definition) is 2. The number of likely N-dealkylation sites (tertiary alicyclic amines) is 1. The van der Waals surface area contributed by atoms with Gasteiger partial charge in [0.15, 0.2) is 5.82 Å². The Balaban J connectivity index is 1.55. The van der Waals surface area contributed by atoms with Crippen LogP contribution in [0.2, 0.25) is 0 Å². The van der Waals surface area contributed by atoms with Crippen LogP contribution in [0.25, 0.3) is 0 Å². The Hall–Kier alpha value is -1.73. The van der Waals surface area contributed by atoms with Crippen molar-refractivity contribution >= 4 is 11.7 Å². The summed E-state index contributed by atoms with van der Waals surface area (Å²) >= 11 is 0. The molecule has 2 fully saturated rings. The van der Waals surface area contributed by atoms with Gasteiger partial charge in [0.05, 0.1) is 23.8 Å². The SMILES string of the molecule is CNc1nc([C@H]2CCCN2C(=O)CC2(O)CCCCC2)nc2c1CN(C)CC2. The van der Waals surface area contributed by atoms with Gasteiger partial charge in [-0.1, -0.05) is 19.3 Å². The van der Waals surface area contributed by atoms with Crippen LogP contribution in [0.4, 0.5) is 5.82 Å². The van der Waals surface area contributed by atoms with Crippen LogP contribution in [-0.2, 0) is 17.8 Å². The summed E-state index contributed by atoms with van der Waals surface area (Å²) in [6, 6.07) is -0.0725. The summed E-state index contributed by atoms with van der Waals surface area (Å²) in [7, 11) is 4.01. The highest BCUT2D eigenvalue weighted by Crippen LogP contribution is 2.36. The second-order valence-electron chi connectivity index (χ2n) is 8.80. The zero-order valence-electron chi connectivity index (χ0n) is 17.2. The van der Waals surface area contributed by atoms with Gasteiger partial charge in [-0.15, -0.1) is 0 Å². The number of carbonyl (C=O) groups is 1. The Morgan fingerprint density at radius 3 is 2.75 bits per heavy atom. The number of aromatic nitrogens is 2. The molecule has 7 nitrogen and oxygen atoms in total. The Kier molecular flexibility index (Phi) is 5.56. The van der Waals surface area contributed by atoms with Crippen molar-refractivity contribution in [1.29, 1.82) is 0 Å². The highest BCUT2D eigenvalue weighted by atomic mass is 16.3. The molecule has 3 heterocycles. The van der Waals surface area contributed by atoms with Crippen molar-refractivity contribution in [1.82, 2.24) is 19.8 Å². The number of aliphatic hydroxyl groups is 1. The lowest BCUT2D eigenvalue weighted by Crippen LogP contribution is -2.40. The fraction of sp³-hybridized carbons (Fsp3) is 0.762. The van der Waals surface area contributed by atoms with E-state index in [0.717, 1.165) is 88.3 Å². The van der Waals surface area contributed by atoms with Crippen LogP contribution >= 0.6 is 0 Å². The minimum Gasteiger partial charge on any atom is -0.389 e. The predicted octanol–water partition coefficient (Wildman–Crippen LogP) is 2.25. The maximum absolute atomic E-state index is 13.1. The second kappa shape index (κ2) is 7.95. The molecule has 0 radical (unpaired) electrons. The third kappa shape index (κ3) is 3.87. The smallest absolute Gasteiger partial charge is 0.226 e. The molecular weight excluding hydrogens is 354 g/mol. The standard InChI is InChI=1S/C21H33N5O2/c1-22-19-15-14-25(2)12-8-16(15)23-20(24-19)17-7-6-11-26(17)18(27)13-21(28)9-4-3-5-10-21/h17,28H,3-14H2,1-2H3,(H,22,23,24)/t17-/m1/s1. The van der Waals surface area contributed by atoms with Crippen LogP contribution in [0, 0.1) is 0 Å². The fourth-order valence-corrected chi connectivity index (χ4v) is 5.03. The number of nitrogens with one attached hydrogen (secondary N) is 1. The van der Waals surface area contributed by atoms with Crippen LogP contribution in [0.1, 0.15) is 74.5 Å². The molecule has 154 valence electrons. The number of nitrogens with zero attached hydrogens (tertiary/aromatic N) is 4. The van der Waals surface area contributed by atoms with Crippen LogP contribution in [0.15, 0.2) is 0 Å². The molecule has 0 spiro atoms. The lowest BCUT2D eigenvalue weighted by molar-refractivity contribution is -0.138. The quantitative estimate of drug-likeness (QED) is 0.825. The first kappa shape index (κ1) is 19.6. The largest absolute Gasteiger partial charge is 0.389 e. The number of hydrogen-bond acceptors (Lipinski definition) is 6. The lowest BCUT2D eigenvalue weighted by atomic mass is 9.82. The van der Waals surface area contributed by atoms with Crippen molar-refractivity contribution in [3.05, 3.63) is 17.1 Å². The summed E-state index contributed by atoms with van der Waals surface area (Å²) in [5.41, 5.74) is 1.46. The van der Waals surface area contributed by atoms with E-state index in [4.69, 9.17) is 9.97 Å². The summed E-state index contributed by atoms with van der Waals surface area (Å²) in [4.78, 5) is 27.0. The molecule has 0 bridgehead atoms. The zero-order chi connectivity index (χ0) is 19.7. The molecule has 28 heavy (non-hydrogen) atoms. The van der Waals surface area contributed by atoms with E-state index in [0.29, 0.717) is 0 Å². The van der Waals surface area contributed by atoms with E-state index in [-0.39, 0.29) is 18.4 Å². The highest BCUT2D eigenvalue weighted by Gasteiger charge is 2.38. The molecule has 1 aliphatic carbocycles. The summed E-state index contributed by atoms with van der Waals surface area (Å²) in [5, 5.41) is 14.1. The van der Waals surface area contributed by atoms with Gasteiger partial charge in [0.1, 0.15) is 5.82 Å². The van der Waals surface area contributed by atoms with Gasteiger partial charge in [0, 0.05) is 38.7 Å². The molecule has 4 rings (SSSR count). The first-order valence-corrected chi connectivity index (χ1v) is 10.8. The van der Waals surface area contributed by atoms with E-state index in [2.05, 4.69) is 17.3 Å². The van der Waals surface area contributed by atoms with Crippen LogP contribution in [-0.4, -0.2) is 63.6 Å². The van der Waals surface area contributed by atoms with E-state index in [1.165, 1.54) is 5.56 Å². The molecule has 1 saturated carbocycles. The monoisotopic (exact) mass is 387 g/mol. The Labute approximate surface area is 167 Å². The molecule has 1 aromatic heterocycles. The minimum atomic E-state index is -0.820. The van der Waals surface area contributed by atoms with E-state index in [9.17, 15) is 9.90 Å². The number of anilines is 1. The summed E-state index contributed by atoms with van der Waals surface area (Å²) in [5.74, 6) is 1.70. The lowest BCUT2D eigenvalue weighted by Gasteiger charge is -2.34. The van der Waals surface area contributed by atoms with Gasteiger partial charge in [0.25, 0.3) is 0 Å². The molecule has 0 unspecified atom stereocenters. The third-order valence-electron chi connectivity index (χ3n) is 6.64. The van der Waals surface area contributed by atoms with Gasteiger partial charge in [-0.2, -0.15) is 0 Å². The third-order valence-corrected chi connectivity index (χ3v) is 6.64. The van der Waals surface area contributed by atoms with Gasteiger partial charge in [0.2, 0.25) is 5.91 Å². The number of likely N-dealkylation sites (N-methyl/N-ethyl adjacent to an activating group) is 1. The summed E-state index contributed by atoms with van der Waals surface area (Å²) in [6.45, 7) is 2.58. The topological polar surface area (TPSA) is 81.6 Å². The fourth-order valence-electron chi connectivity index (χ4n) is 5.03.